The van der Waals surface area contributed by atoms with Crippen molar-refractivity contribution in [1.82, 2.24) is 19.2 Å². The maximum atomic E-state index is 13.0. The van der Waals surface area contributed by atoms with E-state index in [0.717, 1.165) is 0 Å². The molecule has 0 spiro atoms. The molecule has 136 valence electrons. The third-order valence-corrected chi connectivity index (χ3v) is 5.00. The smallest absolute Gasteiger partial charge is 0.343 e. The highest BCUT2D eigenvalue weighted by Crippen LogP contribution is 2.24. The first-order chi connectivity index (χ1) is 12.9. The fourth-order valence-electron chi connectivity index (χ4n) is 2.96. The molecule has 0 aliphatic carbocycles. The zero-order chi connectivity index (χ0) is 19.3. The average Bonchev–Trinajstić information content (AvgIpc) is 3.00. The van der Waals surface area contributed by atoms with Gasteiger partial charge in [0.05, 0.1) is 39.4 Å². The van der Waals surface area contributed by atoms with Gasteiger partial charge in [0.2, 0.25) is 0 Å². The first kappa shape index (κ1) is 17.5. The molecule has 0 N–H and O–H groups in total. The Hall–Kier alpha value is -2.90. The molecule has 0 radical (unpaired) electrons. The molecular weight excluding hydrogens is 391 g/mol. The fraction of sp³-hybridized carbons (Fsp3) is 0.111. The predicted molar refractivity (Wildman–Crippen MR) is 102 cm³/mol. The number of fused-ring (bicyclic) bond motifs is 3. The minimum atomic E-state index is -0.529. The maximum absolute atomic E-state index is 13.0. The number of carbonyl (C=O) groups is 1. The van der Waals surface area contributed by atoms with E-state index < -0.39 is 5.97 Å². The van der Waals surface area contributed by atoms with Gasteiger partial charge in [0.15, 0.2) is 5.65 Å². The molecule has 0 unspecified atom stereocenters. The molecule has 0 fully saturated rings. The lowest BCUT2D eigenvalue weighted by atomic mass is 10.2. The number of benzene rings is 1. The van der Waals surface area contributed by atoms with Gasteiger partial charge in [-0.25, -0.2) is 14.3 Å². The Morgan fingerprint density at radius 2 is 1.96 bits per heavy atom. The van der Waals surface area contributed by atoms with Crippen LogP contribution < -0.4 is 5.56 Å². The van der Waals surface area contributed by atoms with E-state index in [9.17, 15) is 9.59 Å². The molecule has 0 aliphatic rings. The van der Waals surface area contributed by atoms with Gasteiger partial charge in [-0.1, -0.05) is 23.2 Å². The Kier molecular flexibility index (Phi) is 4.13. The first-order valence-corrected chi connectivity index (χ1v) is 8.61. The van der Waals surface area contributed by atoms with Crippen molar-refractivity contribution in [2.45, 2.75) is 6.92 Å². The summed E-state index contributed by atoms with van der Waals surface area (Å²) in [4.78, 5) is 29.2. The Morgan fingerprint density at radius 3 is 2.67 bits per heavy atom. The second-order valence-corrected chi connectivity index (χ2v) is 6.65. The SMILES string of the molecule is COC(=O)c1c(C)nn2c1ncc1c(=O)n(-c3ccc(Cl)c(Cl)c3)ccc12. The van der Waals surface area contributed by atoms with Crippen LogP contribution in [0.1, 0.15) is 16.1 Å². The van der Waals surface area contributed by atoms with Gasteiger partial charge in [0, 0.05) is 12.4 Å². The van der Waals surface area contributed by atoms with E-state index in [2.05, 4.69) is 10.1 Å². The number of methoxy groups -OCH3 is 1. The Bertz CT molecular complexity index is 1290. The summed E-state index contributed by atoms with van der Waals surface area (Å²) in [5.74, 6) is -0.529. The second-order valence-electron chi connectivity index (χ2n) is 5.83. The Balaban J connectivity index is 1.99. The molecule has 4 aromatic rings. The molecule has 0 bridgehead atoms. The van der Waals surface area contributed by atoms with Crippen LogP contribution in [-0.4, -0.2) is 32.2 Å². The van der Waals surface area contributed by atoms with Crippen LogP contribution in [0.25, 0.3) is 22.2 Å². The summed E-state index contributed by atoms with van der Waals surface area (Å²) in [5, 5.41) is 5.44. The summed E-state index contributed by atoms with van der Waals surface area (Å²) < 4.78 is 7.71. The van der Waals surface area contributed by atoms with Crippen molar-refractivity contribution in [2.75, 3.05) is 7.11 Å². The van der Waals surface area contributed by atoms with E-state index in [1.54, 1.807) is 37.4 Å². The number of aromatic nitrogens is 4. The maximum Gasteiger partial charge on any atom is 0.343 e. The molecule has 9 heteroatoms. The molecule has 1 aromatic carbocycles. The average molecular weight is 403 g/mol. The van der Waals surface area contributed by atoms with Crippen LogP contribution in [0.3, 0.4) is 0 Å². The minimum Gasteiger partial charge on any atom is -0.465 e. The number of rotatable bonds is 2. The summed E-state index contributed by atoms with van der Waals surface area (Å²) >= 11 is 12.0. The van der Waals surface area contributed by atoms with Gasteiger partial charge in [0.25, 0.3) is 5.56 Å². The molecule has 4 rings (SSSR count). The lowest BCUT2D eigenvalue weighted by molar-refractivity contribution is 0.0602. The molecular formula is C18H12Cl2N4O3. The molecule has 0 atom stereocenters. The monoisotopic (exact) mass is 402 g/mol. The number of esters is 1. The van der Waals surface area contributed by atoms with Crippen molar-refractivity contribution in [2.24, 2.45) is 0 Å². The second kappa shape index (κ2) is 6.37. The van der Waals surface area contributed by atoms with Crippen LogP contribution in [-0.2, 0) is 4.74 Å². The number of ether oxygens (including phenoxy) is 1. The van der Waals surface area contributed by atoms with Crippen molar-refractivity contribution in [3.63, 3.8) is 0 Å². The fourth-order valence-corrected chi connectivity index (χ4v) is 3.25. The number of carbonyl (C=O) groups excluding carboxylic acids is 1. The third-order valence-electron chi connectivity index (χ3n) is 4.26. The number of hydrogen-bond acceptors (Lipinski definition) is 5. The van der Waals surface area contributed by atoms with Gasteiger partial charge in [0.1, 0.15) is 5.56 Å². The number of nitrogens with zero attached hydrogens (tertiary/aromatic N) is 4. The van der Waals surface area contributed by atoms with E-state index >= 15 is 0 Å². The number of aryl methyl sites for hydroxylation is 1. The summed E-state index contributed by atoms with van der Waals surface area (Å²) in [6.07, 6.45) is 3.03. The van der Waals surface area contributed by atoms with Crippen LogP contribution >= 0.6 is 23.2 Å². The summed E-state index contributed by atoms with van der Waals surface area (Å²) in [6, 6.07) is 6.65. The first-order valence-electron chi connectivity index (χ1n) is 7.86. The molecule has 3 aromatic heterocycles. The van der Waals surface area contributed by atoms with E-state index in [0.29, 0.717) is 38.0 Å². The van der Waals surface area contributed by atoms with Gasteiger partial charge >= 0.3 is 5.97 Å². The topological polar surface area (TPSA) is 78.5 Å². The van der Waals surface area contributed by atoms with Crippen molar-refractivity contribution in [3.8, 4) is 5.69 Å². The summed E-state index contributed by atoms with van der Waals surface area (Å²) in [6.45, 7) is 1.68. The number of hydrogen-bond donors (Lipinski definition) is 0. The minimum absolute atomic E-state index is 0.271. The van der Waals surface area contributed by atoms with Gasteiger partial charge in [-0.05, 0) is 31.2 Å². The van der Waals surface area contributed by atoms with Gasteiger partial charge < -0.3 is 4.74 Å². The molecule has 0 saturated carbocycles. The van der Waals surface area contributed by atoms with E-state index in [-0.39, 0.29) is 11.1 Å². The number of halogens is 2. The van der Waals surface area contributed by atoms with Gasteiger partial charge in [-0.3, -0.25) is 9.36 Å². The van der Waals surface area contributed by atoms with Crippen LogP contribution in [0.15, 0.2) is 41.5 Å². The zero-order valence-corrected chi connectivity index (χ0v) is 15.7. The Morgan fingerprint density at radius 1 is 1.19 bits per heavy atom. The normalized spacial score (nSPS) is 11.3. The highest BCUT2D eigenvalue weighted by atomic mass is 35.5. The predicted octanol–water partition coefficient (Wildman–Crippen LogP) is 3.44. The lowest BCUT2D eigenvalue weighted by Gasteiger charge is -2.09. The highest BCUT2D eigenvalue weighted by Gasteiger charge is 2.21. The van der Waals surface area contributed by atoms with Crippen molar-refractivity contribution in [1.29, 1.82) is 0 Å². The van der Waals surface area contributed by atoms with Gasteiger partial charge in [-0.15, -0.1) is 0 Å². The third kappa shape index (κ3) is 2.67. The highest BCUT2D eigenvalue weighted by molar-refractivity contribution is 6.42. The quantitative estimate of drug-likeness (QED) is 0.479. The Labute approximate surface area is 162 Å². The molecule has 0 aliphatic heterocycles. The summed E-state index contributed by atoms with van der Waals surface area (Å²) in [7, 11) is 1.29. The van der Waals surface area contributed by atoms with Crippen LogP contribution in [0.4, 0.5) is 0 Å². The van der Waals surface area contributed by atoms with Crippen LogP contribution in [0, 0.1) is 6.92 Å². The molecule has 7 nitrogen and oxygen atoms in total. The van der Waals surface area contributed by atoms with E-state index in [1.165, 1.54) is 22.4 Å². The van der Waals surface area contributed by atoms with Crippen molar-refractivity contribution in [3.05, 3.63) is 68.3 Å². The number of pyridine rings is 1. The van der Waals surface area contributed by atoms with Crippen LogP contribution in [0.2, 0.25) is 10.0 Å². The van der Waals surface area contributed by atoms with E-state index in [1.807, 2.05) is 0 Å². The van der Waals surface area contributed by atoms with Gasteiger partial charge in [-0.2, -0.15) is 5.10 Å². The zero-order valence-electron chi connectivity index (χ0n) is 14.2. The molecule has 3 heterocycles. The van der Waals surface area contributed by atoms with Crippen LogP contribution in [0.5, 0.6) is 0 Å². The summed E-state index contributed by atoms with van der Waals surface area (Å²) in [5.41, 5.74) is 1.87. The van der Waals surface area contributed by atoms with Crippen molar-refractivity contribution >= 4 is 45.7 Å². The molecule has 0 amide bonds. The molecule has 0 saturated heterocycles. The van der Waals surface area contributed by atoms with E-state index in [4.69, 9.17) is 27.9 Å². The standard InChI is InChI=1S/C18H12Cl2N4O3/c1-9-15(18(26)27-2)16-21-8-11-14(24(16)22-9)5-6-23(17(11)25)10-3-4-12(19)13(20)7-10/h3-8H,1-2H3. The molecule has 27 heavy (non-hydrogen) atoms. The lowest BCUT2D eigenvalue weighted by Crippen LogP contribution is -2.19. The largest absolute Gasteiger partial charge is 0.465 e. The van der Waals surface area contributed by atoms with Crippen molar-refractivity contribution < 1.29 is 9.53 Å².